The molecule has 3 heterocycles. The first-order chi connectivity index (χ1) is 8.67. The number of fused-ring (bicyclic) bond motifs is 1. The molecular formula is C9H20NO6PSi. The zero-order chi connectivity index (χ0) is 13.1. The van der Waals surface area contributed by atoms with Crippen LogP contribution in [0.2, 0.25) is 6.04 Å². The smallest absolute Gasteiger partial charge is 0.374 e. The van der Waals surface area contributed by atoms with E-state index >= 15 is 0 Å². The second-order valence-electron chi connectivity index (χ2n) is 3.91. The van der Waals surface area contributed by atoms with Crippen molar-refractivity contribution in [2.45, 2.75) is 32.3 Å². The van der Waals surface area contributed by atoms with Gasteiger partial charge in [-0.25, -0.2) is 0 Å². The Morgan fingerprint density at radius 3 is 2.39 bits per heavy atom. The summed E-state index contributed by atoms with van der Waals surface area (Å²) in [4.78, 5) is 0. The molecule has 0 atom stereocenters. The summed E-state index contributed by atoms with van der Waals surface area (Å²) in [6, 6.07) is 0.650. The molecule has 0 aromatic rings. The predicted octanol–water partition coefficient (Wildman–Crippen LogP) is 1.32. The Labute approximate surface area is 109 Å². The maximum atomic E-state index is 5.92. The minimum absolute atomic E-state index is 0.274. The number of nitrogens with two attached hydrogens (primary N) is 1. The lowest BCUT2D eigenvalue weighted by atomic mass is 10.5. The van der Waals surface area contributed by atoms with Gasteiger partial charge in [-0.15, -0.1) is 0 Å². The van der Waals surface area contributed by atoms with Crippen LogP contribution >= 0.6 is 8.60 Å². The van der Waals surface area contributed by atoms with Crippen molar-refractivity contribution in [3.63, 3.8) is 0 Å². The average molecular weight is 297 g/mol. The second-order valence-corrected chi connectivity index (χ2v) is 7.62. The average Bonchev–Trinajstić information content (AvgIpc) is 2.86. The second kappa shape index (κ2) is 6.21. The van der Waals surface area contributed by atoms with Crippen molar-refractivity contribution in [2.24, 2.45) is 5.73 Å². The molecule has 0 spiro atoms. The Bertz CT molecular complexity index is 266. The SMILES string of the molecule is CCO[Si](CCCN)(OCC)OC12COP(O1)O2. The normalized spacial score (nSPS) is 30.5. The fourth-order valence-corrected chi connectivity index (χ4v) is 5.71. The van der Waals surface area contributed by atoms with Gasteiger partial charge in [0.05, 0.1) is 0 Å². The van der Waals surface area contributed by atoms with Crippen LogP contribution in [-0.4, -0.2) is 41.1 Å². The molecule has 106 valence electrons. The molecule has 2 N–H and O–H groups in total. The van der Waals surface area contributed by atoms with Crippen LogP contribution in [-0.2, 0) is 26.8 Å². The molecule has 0 amide bonds. The summed E-state index contributed by atoms with van der Waals surface area (Å²) in [5.74, 6) is -1.10. The first-order valence-corrected chi connectivity index (χ1v) is 9.20. The van der Waals surface area contributed by atoms with Crippen LogP contribution in [0.4, 0.5) is 0 Å². The Hall–Kier alpha value is 0.367. The van der Waals surface area contributed by atoms with Gasteiger partial charge in [0.2, 0.25) is 0 Å². The molecule has 7 nitrogen and oxygen atoms in total. The molecule has 3 rings (SSSR count). The van der Waals surface area contributed by atoms with Crippen LogP contribution in [0, 0.1) is 0 Å². The van der Waals surface area contributed by atoms with Crippen molar-refractivity contribution in [2.75, 3.05) is 26.4 Å². The van der Waals surface area contributed by atoms with Gasteiger partial charge in [-0.3, -0.25) is 9.05 Å². The first kappa shape index (κ1) is 14.8. The highest BCUT2D eigenvalue weighted by Crippen LogP contribution is 2.65. The summed E-state index contributed by atoms with van der Waals surface area (Å²) in [6.45, 7) is 5.69. The zero-order valence-electron chi connectivity index (χ0n) is 10.7. The summed E-state index contributed by atoms with van der Waals surface area (Å²) in [7, 11) is -4.01. The van der Waals surface area contributed by atoms with Crippen molar-refractivity contribution < 1.29 is 26.8 Å². The summed E-state index contributed by atoms with van der Waals surface area (Å²) in [6.07, 6.45) is 0.776. The maximum Gasteiger partial charge on any atom is 0.504 e. The van der Waals surface area contributed by atoms with Crippen molar-refractivity contribution >= 4 is 17.4 Å². The zero-order valence-corrected chi connectivity index (χ0v) is 12.6. The van der Waals surface area contributed by atoms with Crippen molar-refractivity contribution in [1.82, 2.24) is 0 Å². The maximum absolute atomic E-state index is 5.92. The monoisotopic (exact) mass is 297 g/mol. The Morgan fingerprint density at radius 1 is 1.28 bits per heavy atom. The van der Waals surface area contributed by atoms with Gasteiger partial charge in [0.25, 0.3) is 0 Å². The molecule has 3 aliphatic heterocycles. The standard InChI is InChI=1S/C9H20NO6PSi/c1-3-12-18(13-4-2,7-5-6-10)16-9-8-11-17(14-9)15-9/h3-8,10H2,1-2H3. The molecule has 0 aliphatic carbocycles. The first-order valence-electron chi connectivity index (χ1n) is 6.17. The van der Waals surface area contributed by atoms with E-state index in [1.807, 2.05) is 13.8 Å². The van der Waals surface area contributed by atoms with Gasteiger partial charge in [0, 0.05) is 19.3 Å². The van der Waals surface area contributed by atoms with Gasteiger partial charge in [-0.2, -0.15) is 0 Å². The van der Waals surface area contributed by atoms with E-state index in [2.05, 4.69) is 0 Å². The van der Waals surface area contributed by atoms with Gasteiger partial charge < -0.3 is 23.5 Å². The van der Waals surface area contributed by atoms with Crippen molar-refractivity contribution in [3.05, 3.63) is 0 Å². The third-order valence-electron chi connectivity index (χ3n) is 2.50. The molecule has 3 saturated heterocycles. The number of hydrogen-bond donors (Lipinski definition) is 1. The summed E-state index contributed by atoms with van der Waals surface area (Å²) < 4.78 is 33.5. The van der Waals surface area contributed by atoms with E-state index < -0.39 is 23.4 Å². The summed E-state index contributed by atoms with van der Waals surface area (Å²) in [5.41, 5.74) is 5.55. The van der Waals surface area contributed by atoms with Gasteiger partial charge in [-0.1, -0.05) is 0 Å². The van der Waals surface area contributed by atoms with E-state index in [0.29, 0.717) is 25.8 Å². The van der Waals surface area contributed by atoms with E-state index in [0.717, 1.165) is 6.42 Å². The third-order valence-corrected chi connectivity index (χ3v) is 6.74. The van der Waals surface area contributed by atoms with Crippen molar-refractivity contribution in [3.8, 4) is 0 Å². The molecule has 0 unspecified atom stereocenters. The molecule has 0 saturated carbocycles. The Kier molecular flexibility index (Phi) is 5.10. The minimum Gasteiger partial charge on any atom is -0.374 e. The van der Waals surface area contributed by atoms with Gasteiger partial charge >= 0.3 is 23.4 Å². The van der Waals surface area contributed by atoms with Gasteiger partial charge in [0.15, 0.2) is 0 Å². The fraction of sp³-hybridized carbons (Fsp3) is 1.00. The van der Waals surface area contributed by atoms with E-state index in [9.17, 15) is 0 Å². The Balaban J connectivity index is 2.00. The van der Waals surface area contributed by atoms with Gasteiger partial charge in [0.1, 0.15) is 6.61 Å². The highest BCUT2D eigenvalue weighted by molar-refractivity contribution is 7.43. The molecule has 3 fully saturated rings. The molecule has 2 bridgehead atoms. The lowest BCUT2D eigenvalue weighted by Gasteiger charge is -2.39. The highest BCUT2D eigenvalue weighted by atomic mass is 31.2. The van der Waals surface area contributed by atoms with Crippen LogP contribution in [0.25, 0.3) is 0 Å². The molecule has 0 aromatic heterocycles. The highest BCUT2D eigenvalue weighted by Gasteiger charge is 2.64. The quantitative estimate of drug-likeness (QED) is 0.507. The summed E-state index contributed by atoms with van der Waals surface area (Å²) in [5, 5.41) is 0. The fourth-order valence-electron chi connectivity index (χ4n) is 1.83. The molecule has 0 radical (unpaired) electrons. The lowest BCUT2D eigenvalue weighted by Crippen LogP contribution is -2.56. The minimum atomic E-state index is -2.82. The molecule has 0 aromatic carbocycles. The van der Waals surface area contributed by atoms with Crippen LogP contribution in [0.5, 0.6) is 0 Å². The van der Waals surface area contributed by atoms with Crippen molar-refractivity contribution in [1.29, 1.82) is 0 Å². The molecular weight excluding hydrogens is 277 g/mol. The van der Waals surface area contributed by atoms with Crippen LogP contribution in [0.15, 0.2) is 0 Å². The molecule has 3 aliphatic rings. The van der Waals surface area contributed by atoms with Crippen LogP contribution < -0.4 is 5.73 Å². The topological polar surface area (TPSA) is 81.4 Å². The predicted molar refractivity (Wildman–Crippen MR) is 66.3 cm³/mol. The van der Waals surface area contributed by atoms with Crippen LogP contribution in [0.3, 0.4) is 0 Å². The van der Waals surface area contributed by atoms with E-state index in [4.69, 9.17) is 32.6 Å². The van der Waals surface area contributed by atoms with E-state index in [-0.39, 0.29) is 6.61 Å². The van der Waals surface area contributed by atoms with E-state index in [1.165, 1.54) is 0 Å². The third kappa shape index (κ3) is 3.09. The number of hydrogen-bond acceptors (Lipinski definition) is 7. The van der Waals surface area contributed by atoms with Gasteiger partial charge in [-0.05, 0) is 26.8 Å². The number of rotatable bonds is 9. The molecule has 18 heavy (non-hydrogen) atoms. The van der Waals surface area contributed by atoms with E-state index in [1.54, 1.807) is 0 Å². The lowest BCUT2D eigenvalue weighted by molar-refractivity contribution is -0.300. The largest absolute Gasteiger partial charge is 0.504 e. The van der Waals surface area contributed by atoms with Crippen LogP contribution in [0.1, 0.15) is 20.3 Å². The Morgan fingerprint density at radius 2 is 1.94 bits per heavy atom. The summed E-state index contributed by atoms with van der Waals surface area (Å²) >= 11 is 0. The molecule has 9 heteroatoms.